The van der Waals surface area contributed by atoms with Crippen LogP contribution in [0.5, 0.6) is 0 Å². The molecule has 4 aromatic rings. The predicted octanol–water partition coefficient (Wildman–Crippen LogP) is 4.28. The van der Waals surface area contributed by atoms with Gasteiger partial charge in [-0.05, 0) is 62.7 Å². The van der Waals surface area contributed by atoms with Crippen molar-refractivity contribution in [2.24, 2.45) is 0 Å². The number of hydrogen-bond acceptors (Lipinski definition) is 6. The number of H-pyrrole nitrogens is 1. The van der Waals surface area contributed by atoms with Crippen molar-refractivity contribution < 1.29 is 13.2 Å². The van der Waals surface area contributed by atoms with Crippen LogP contribution < -0.4 is 15.6 Å². The molecule has 34 heavy (non-hydrogen) atoms. The molecule has 0 bridgehead atoms. The number of thiophene rings is 1. The molecule has 10 heteroatoms. The number of carbonyl (C=O) groups is 1. The maximum absolute atomic E-state index is 12.5. The smallest absolute Gasteiger partial charge is 0.261 e. The highest BCUT2D eigenvalue weighted by atomic mass is 32.2. The molecule has 0 aliphatic carbocycles. The number of amides is 1. The maximum Gasteiger partial charge on any atom is 0.261 e. The molecule has 0 spiro atoms. The first kappa shape index (κ1) is 23.7. The minimum Gasteiger partial charge on any atom is -0.326 e. The molecule has 176 valence electrons. The van der Waals surface area contributed by atoms with Crippen LogP contribution in [-0.4, -0.2) is 24.3 Å². The highest BCUT2D eigenvalue weighted by Crippen LogP contribution is 2.26. The highest BCUT2D eigenvalue weighted by Gasteiger charge is 2.15. The van der Waals surface area contributed by atoms with E-state index in [1.807, 2.05) is 20.8 Å². The number of nitrogens with zero attached hydrogens (tertiary/aromatic N) is 1. The monoisotopic (exact) mass is 496 g/mol. The normalized spacial score (nSPS) is 11.5. The van der Waals surface area contributed by atoms with E-state index < -0.39 is 10.0 Å². The molecule has 2 heterocycles. The standard InChI is InChI=1S/C24H24N4O4S2/c1-14-4-10-19(11-5-14)34(31,32)28-18-8-6-17(7-9-18)25-21(29)13-12-20-26-23(30)22-15(2)16(3)33-24(22)27-20/h4-11,28H,12-13H2,1-3H3,(H,25,29)(H,26,27,30). The summed E-state index contributed by atoms with van der Waals surface area (Å²) in [7, 11) is -3.70. The van der Waals surface area contributed by atoms with Crippen LogP contribution in [0.1, 0.15) is 28.2 Å². The van der Waals surface area contributed by atoms with Crippen LogP contribution >= 0.6 is 11.3 Å². The third kappa shape index (κ3) is 5.18. The first-order chi connectivity index (χ1) is 16.1. The number of hydrogen-bond donors (Lipinski definition) is 3. The van der Waals surface area contributed by atoms with Gasteiger partial charge in [0.2, 0.25) is 5.91 Å². The lowest BCUT2D eigenvalue weighted by molar-refractivity contribution is -0.116. The number of benzene rings is 2. The molecule has 0 saturated carbocycles. The number of aromatic nitrogens is 2. The quantitative estimate of drug-likeness (QED) is 0.353. The summed E-state index contributed by atoms with van der Waals surface area (Å²) in [5.41, 5.74) is 2.63. The van der Waals surface area contributed by atoms with Gasteiger partial charge in [-0.25, -0.2) is 13.4 Å². The van der Waals surface area contributed by atoms with Crippen molar-refractivity contribution in [3.05, 3.63) is 80.7 Å². The van der Waals surface area contributed by atoms with E-state index in [0.29, 0.717) is 33.8 Å². The van der Waals surface area contributed by atoms with E-state index in [1.165, 1.54) is 11.3 Å². The number of sulfonamides is 1. The van der Waals surface area contributed by atoms with Gasteiger partial charge in [-0.15, -0.1) is 11.3 Å². The van der Waals surface area contributed by atoms with Crippen molar-refractivity contribution >= 4 is 48.9 Å². The van der Waals surface area contributed by atoms with Crippen molar-refractivity contribution in [2.45, 2.75) is 38.5 Å². The van der Waals surface area contributed by atoms with Crippen LogP contribution in [-0.2, 0) is 21.2 Å². The first-order valence-corrected chi connectivity index (χ1v) is 12.9. The summed E-state index contributed by atoms with van der Waals surface area (Å²) >= 11 is 1.47. The fraction of sp³-hybridized carbons (Fsp3) is 0.208. The average Bonchev–Trinajstić information content (AvgIpc) is 3.07. The van der Waals surface area contributed by atoms with Crippen LogP contribution in [0, 0.1) is 20.8 Å². The van der Waals surface area contributed by atoms with Gasteiger partial charge < -0.3 is 10.3 Å². The number of anilines is 2. The third-order valence-electron chi connectivity index (χ3n) is 5.43. The van der Waals surface area contributed by atoms with Gasteiger partial charge >= 0.3 is 0 Å². The molecule has 2 aromatic heterocycles. The lowest BCUT2D eigenvalue weighted by Gasteiger charge is -2.10. The van der Waals surface area contributed by atoms with Crippen molar-refractivity contribution in [1.82, 2.24) is 9.97 Å². The molecule has 0 unspecified atom stereocenters. The SMILES string of the molecule is Cc1ccc(S(=O)(=O)Nc2ccc(NC(=O)CCc3nc4sc(C)c(C)c4c(=O)[nH]3)cc2)cc1. The first-order valence-electron chi connectivity index (χ1n) is 10.6. The number of aromatic amines is 1. The van der Waals surface area contributed by atoms with Crippen molar-refractivity contribution in [2.75, 3.05) is 10.0 Å². The van der Waals surface area contributed by atoms with Gasteiger partial charge in [-0.3, -0.25) is 14.3 Å². The molecule has 2 aromatic carbocycles. The Morgan fingerprint density at radius 1 is 1.00 bits per heavy atom. The predicted molar refractivity (Wildman–Crippen MR) is 135 cm³/mol. The minimum atomic E-state index is -3.70. The Labute approximate surface area is 201 Å². The van der Waals surface area contributed by atoms with Gasteiger partial charge in [0.1, 0.15) is 10.7 Å². The number of fused-ring (bicyclic) bond motifs is 1. The second-order valence-electron chi connectivity index (χ2n) is 8.02. The van der Waals surface area contributed by atoms with E-state index in [2.05, 4.69) is 20.0 Å². The summed E-state index contributed by atoms with van der Waals surface area (Å²) in [5.74, 6) is 0.226. The summed E-state index contributed by atoms with van der Waals surface area (Å²) in [5, 5.41) is 3.38. The Bertz CT molecular complexity index is 1520. The van der Waals surface area contributed by atoms with Gasteiger partial charge in [0.25, 0.3) is 15.6 Å². The molecule has 0 saturated heterocycles. The van der Waals surface area contributed by atoms with E-state index in [-0.39, 0.29) is 22.8 Å². The molecule has 8 nitrogen and oxygen atoms in total. The Morgan fingerprint density at radius 3 is 2.32 bits per heavy atom. The number of aryl methyl sites for hydroxylation is 4. The molecule has 0 aliphatic heterocycles. The topological polar surface area (TPSA) is 121 Å². The van der Waals surface area contributed by atoms with Crippen LogP contribution in [0.4, 0.5) is 11.4 Å². The molecule has 0 aliphatic rings. The van der Waals surface area contributed by atoms with Crippen molar-refractivity contribution in [3.63, 3.8) is 0 Å². The van der Waals surface area contributed by atoms with Crippen LogP contribution in [0.3, 0.4) is 0 Å². The minimum absolute atomic E-state index is 0.138. The van der Waals surface area contributed by atoms with Gasteiger partial charge in [0.15, 0.2) is 0 Å². The average molecular weight is 497 g/mol. The summed E-state index contributed by atoms with van der Waals surface area (Å²) in [6.07, 6.45) is 0.432. The molecule has 1 amide bonds. The summed E-state index contributed by atoms with van der Waals surface area (Å²) < 4.78 is 27.5. The molecule has 0 radical (unpaired) electrons. The Kier molecular flexibility index (Phi) is 6.54. The molecular weight excluding hydrogens is 472 g/mol. The fourth-order valence-corrected chi connectivity index (χ4v) is 5.53. The third-order valence-corrected chi connectivity index (χ3v) is 7.93. The lowest BCUT2D eigenvalue weighted by Crippen LogP contribution is -2.16. The van der Waals surface area contributed by atoms with E-state index in [4.69, 9.17) is 0 Å². The Hall–Kier alpha value is -3.50. The van der Waals surface area contributed by atoms with E-state index in [9.17, 15) is 18.0 Å². The summed E-state index contributed by atoms with van der Waals surface area (Å²) in [6, 6.07) is 13.0. The second kappa shape index (κ2) is 9.40. The van der Waals surface area contributed by atoms with Gasteiger partial charge in [0, 0.05) is 29.1 Å². The zero-order chi connectivity index (χ0) is 24.5. The zero-order valence-corrected chi connectivity index (χ0v) is 20.6. The Balaban J connectivity index is 1.36. The molecular formula is C24H24N4O4S2. The van der Waals surface area contributed by atoms with Gasteiger partial charge in [-0.2, -0.15) is 0 Å². The van der Waals surface area contributed by atoms with Gasteiger partial charge in [-0.1, -0.05) is 17.7 Å². The van der Waals surface area contributed by atoms with E-state index in [0.717, 1.165) is 16.0 Å². The van der Waals surface area contributed by atoms with Crippen LogP contribution in [0.2, 0.25) is 0 Å². The van der Waals surface area contributed by atoms with E-state index >= 15 is 0 Å². The van der Waals surface area contributed by atoms with Crippen LogP contribution in [0.15, 0.2) is 58.2 Å². The number of rotatable bonds is 7. The molecule has 3 N–H and O–H groups in total. The lowest BCUT2D eigenvalue weighted by atomic mass is 10.2. The highest BCUT2D eigenvalue weighted by molar-refractivity contribution is 7.92. The second-order valence-corrected chi connectivity index (χ2v) is 10.9. The van der Waals surface area contributed by atoms with Crippen molar-refractivity contribution in [1.29, 1.82) is 0 Å². The molecule has 0 atom stereocenters. The fourth-order valence-electron chi connectivity index (χ4n) is 3.43. The molecule has 4 rings (SSSR count). The summed E-state index contributed by atoms with van der Waals surface area (Å²) in [4.78, 5) is 33.9. The van der Waals surface area contributed by atoms with E-state index in [1.54, 1.807) is 48.5 Å². The summed E-state index contributed by atoms with van der Waals surface area (Å²) in [6.45, 7) is 5.74. The van der Waals surface area contributed by atoms with Crippen LogP contribution in [0.25, 0.3) is 10.2 Å². The zero-order valence-electron chi connectivity index (χ0n) is 18.9. The Morgan fingerprint density at radius 2 is 1.65 bits per heavy atom. The maximum atomic E-state index is 12.5. The van der Waals surface area contributed by atoms with Gasteiger partial charge in [0.05, 0.1) is 10.3 Å². The van der Waals surface area contributed by atoms with Crippen molar-refractivity contribution in [3.8, 4) is 0 Å². The largest absolute Gasteiger partial charge is 0.326 e. The number of nitrogens with one attached hydrogen (secondary N) is 3. The molecule has 0 fully saturated rings. The number of carbonyl (C=O) groups excluding carboxylic acids is 1.